The molecule has 0 spiro atoms. The molecule has 0 saturated heterocycles. The largest absolute Gasteiger partial charge is 0.478 e. The van der Waals surface area contributed by atoms with E-state index in [1.54, 1.807) is 12.1 Å². The van der Waals surface area contributed by atoms with Crippen molar-refractivity contribution in [3.8, 4) is 0 Å². The number of anilines is 1. The second-order valence-corrected chi connectivity index (χ2v) is 6.90. The molecule has 0 saturated carbocycles. The third kappa shape index (κ3) is 2.88. The van der Waals surface area contributed by atoms with E-state index in [1.165, 1.54) is 0 Å². The first-order chi connectivity index (χ1) is 10.8. The number of aryl methyl sites for hydroxylation is 1. The van der Waals surface area contributed by atoms with E-state index in [4.69, 9.17) is 0 Å². The highest BCUT2D eigenvalue weighted by Gasteiger charge is 2.28. The zero-order valence-electron chi connectivity index (χ0n) is 13.8. The summed E-state index contributed by atoms with van der Waals surface area (Å²) in [6.45, 7) is 9.22. The Labute approximate surface area is 135 Å². The smallest absolute Gasteiger partial charge is 0.339 e. The van der Waals surface area contributed by atoms with Crippen LogP contribution in [0.4, 0.5) is 5.82 Å². The molecule has 6 nitrogen and oxygen atoms in total. The second-order valence-electron chi connectivity index (χ2n) is 6.90. The van der Waals surface area contributed by atoms with Gasteiger partial charge in [-0.3, -0.25) is 0 Å². The molecule has 0 fully saturated rings. The molecule has 23 heavy (non-hydrogen) atoms. The minimum atomic E-state index is -0.968. The molecule has 6 heteroatoms. The first kappa shape index (κ1) is 15.4. The molecule has 0 radical (unpaired) electrons. The van der Waals surface area contributed by atoms with Crippen molar-refractivity contribution in [2.24, 2.45) is 0 Å². The van der Waals surface area contributed by atoms with Crippen LogP contribution in [0, 0.1) is 6.92 Å². The Kier molecular flexibility index (Phi) is 3.55. The van der Waals surface area contributed by atoms with Crippen LogP contribution in [0.2, 0.25) is 0 Å². The lowest BCUT2D eigenvalue weighted by molar-refractivity contribution is 0.0697. The van der Waals surface area contributed by atoms with Gasteiger partial charge in [0.1, 0.15) is 17.2 Å². The highest BCUT2D eigenvalue weighted by Crippen LogP contribution is 2.29. The lowest BCUT2D eigenvalue weighted by Gasteiger charge is -2.18. The predicted octanol–water partition coefficient (Wildman–Crippen LogP) is 2.70. The Morgan fingerprint density at radius 2 is 1.96 bits per heavy atom. The van der Waals surface area contributed by atoms with Gasteiger partial charge in [0.2, 0.25) is 0 Å². The summed E-state index contributed by atoms with van der Waals surface area (Å²) in [4.78, 5) is 26.9. The average molecular weight is 312 g/mol. The first-order valence-electron chi connectivity index (χ1n) is 7.57. The standard InChI is InChI=1S/C17H20N4O2/c1-10-5-6-12(15(22)23)14(19-10)21-8-11-7-18-16(17(2,3)4)20-13(11)9-21/h5-7H,8-9H2,1-4H3,(H,22,23). The van der Waals surface area contributed by atoms with Crippen molar-refractivity contribution in [3.63, 3.8) is 0 Å². The van der Waals surface area contributed by atoms with Crippen LogP contribution < -0.4 is 4.90 Å². The predicted molar refractivity (Wildman–Crippen MR) is 86.6 cm³/mol. The normalized spacial score (nSPS) is 14.0. The number of aromatic nitrogens is 3. The lowest BCUT2D eigenvalue weighted by Crippen LogP contribution is -2.20. The quantitative estimate of drug-likeness (QED) is 0.918. The van der Waals surface area contributed by atoms with Gasteiger partial charge in [-0.15, -0.1) is 0 Å². The van der Waals surface area contributed by atoms with Gasteiger partial charge in [-0.1, -0.05) is 20.8 Å². The summed E-state index contributed by atoms with van der Waals surface area (Å²) in [5.74, 6) is 0.325. The highest BCUT2D eigenvalue weighted by molar-refractivity contribution is 5.93. The number of aromatic carboxylic acids is 1. The van der Waals surface area contributed by atoms with Crippen LogP contribution in [0.25, 0.3) is 0 Å². The fourth-order valence-corrected chi connectivity index (χ4v) is 2.62. The third-order valence-electron chi connectivity index (χ3n) is 3.87. The molecule has 0 unspecified atom stereocenters. The Bertz CT molecular complexity index is 781. The summed E-state index contributed by atoms with van der Waals surface area (Å²) in [7, 11) is 0. The zero-order chi connectivity index (χ0) is 16.8. The molecule has 120 valence electrons. The SMILES string of the molecule is Cc1ccc(C(=O)O)c(N2Cc3cnc(C(C)(C)C)nc3C2)n1. The molecule has 0 aliphatic carbocycles. The van der Waals surface area contributed by atoms with Crippen molar-refractivity contribution in [2.45, 2.75) is 46.2 Å². The molecule has 2 aromatic rings. The molecule has 3 rings (SSSR count). The third-order valence-corrected chi connectivity index (χ3v) is 3.87. The van der Waals surface area contributed by atoms with Crippen LogP contribution in [0.5, 0.6) is 0 Å². The number of carboxylic acid groups (broad SMARTS) is 1. The Morgan fingerprint density at radius 3 is 2.61 bits per heavy atom. The maximum atomic E-state index is 11.5. The highest BCUT2D eigenvalue weighted by atomic mass is 16.4. The Hall–Kier alpha value is -2.50. The van der Waals surface area contributed by atoms with Gasteiger partial charge in [-0.25, -0.2) is 19.7 Å². The van der Waals surface area contributed by atoms with Crippen molar-refractivity contribution in [1.29, 1.82) is 0 Å². The van der Waals surface area contributed by atoms with Gasteiger partial charge in [0, 0.05) is 29.4 Å². The van der Waals surface area contributed by atoms with Crippen LogP contribution >= 0.6 is 0 Å². The van der Waals surface area contributed by atoms with E-state index in [-0.39, 0.29) is 11.0 Å². The first-order valence-corrected chi connectivity index (χ1v) is 7.57. The van der Waals surface area contributed by atoms with E-state index in [2.05, 4.69) is 35.7 Å². The zero-order valence-corrected chi connectivity index (χ0v) is 13.8. The van der Waals surface area contributed by atoms with Crippen LogP contribution in [0.1, 0.15) is 53.9 Å². The second kappa shape index (κ2) is 5.30. The van der Waals surface area contributed by atoms with E-state index >= 15 is 0 Å². The molecule has 2 aromatic heterocycles. The summed E-state index contributed by atoms with van der Waals surface area (Å²) in [6, 6.07) is 3.32. The summed E-state index contributed by atoms with van der Waals surface area (Å²) in [5, 5.41) is 9.39. The molecular formula is C17H20N4O2. The van der Waals surface area contributed by atoms with Crippen LogP contribution in [0.15, 0.2) is 18.3 Å². The Balaban J connectivity index is 1.97. The number of hydrogen-bond acceptors (Lipinski definition) is 5. The van der Waals surface area contributed by atoms with E-state index in [1.807, 2.05) is 18.0 Å². The van der Waals surface area contributed by atoms with Crippen molar-refractivity contribution in [3.05, 3.63) is 46.7 Å². The topological polar surface area (TPSA) is 79.2 Å². The molecule has 1 aliphatic rings. The van der Waals surface area contributed by atoms with Gasteiger partial charge >= 0.3 is 5.97 Å². The van der Waals surface area contributed by atoms with Crippen molar-refractivity contribution in [2.75, 3.05) is 4.90 Å². The molecule has 1 aliphatic heterocycles. The van der Waals surface area contributed by atoms with E-state index in [9.17, 15) is 9.90 Å². The average Bonchev–Trinajstić information content (AvgIpc) is 2.88. The number of hydrogen-bond donors (Lipinski definition) is 1. The molecule has 0 atom stereocenters. The maximum Gasteiger partial charge on any atom is 0.339 e. The monoisotopic (exact) mass is 312 g/mol. The molecule has 1 N–H and O–H groups in total. The van der Waals surface area contributed by atoms with E-state index in [0.717, 1.165) is 22.8 Å². The number of carbonyl (C=O) groups is 1. The van der Waals surface area contributed by atoms with E-state index in [0.29, 0.717) is 18.9 Å². The lowest BCUT2D eigenvalue weighted by atomic mass is 9.95. The number of pyridine rings is 1. The summed E-state index contributed by atoms with van der Waals surface area (Å²) >= 11 is 0. The molecular weight excluding hydrogens is 292 g/mol. The fraction of sp³-hybridized carbons (Fsp3) is 0.412. The number of rotatable bonds is 2. The number of carboxylic acids is 1. The van der Waals surface area contributed by atoms with Gasteiger partial charge in [0.15, 0.2) is 0 Å². The Morgan fingerprint density at radius 1 is 1.22 bits per heavy atom. The van der Waals surface area contributed by atoms with Gasteiger partial charge in [0.25, 0.3) is 0 Å². The fourth-order valence-electron chi connectivity index (χ4n) is 2.62. The minimum absolute atomic E-state index is 0.115. The molecule has 0 amide bonds. The molecule has 3 heterocycles. The molecule has 0 aromatic carbocycles. The van der Waals surface area contributed by atoms with Crippen LogP contribution in [0.3, 0.4) is 0 Å². The number of nitrogens with zero attached hydrogens (tertiary/aromatic N) is 4. The van der Waals surface area contributed by atoms with Crippen molar-refractivity contribution < 1.29 is 9.90 Å². The van der Waals surface area contributed by atoms with Crippen molar-refractivity contribution >= 4 is 11.8 Å². The van der Waals surface area contributed by atoms with Crippen LogP contribution in [-0.2, 0) is 18.5 Å². The molecule has 0 bridgehead atoms. The van der Waals surface area contributed by atoms with Gasteiger partial charge < -0.3 is 10.0 Å². The van der Waals surface area contributed by atoms with Crippen molar-refractivity contribution in [1.82, 2.24) is 15.0 Å². The van der Waals surface area contributed by atoms with Gasteiger partial charge in [-0.2, -0.15) is 0 Å². The van der Waals surface area contributed by atoms with Gasteiger partial charge in [0.05, 0.1) is 12.2 Å². The number of fused-ring (bicyclic) bond motifs is 1. The maximum absolute atomic E-state index is 11.5. The van der Waals surface area contributed by atoms with Crippen LogP contribution in [-0.4, -0.2) is 26.0 Å². The summed E-state index contributed by atoms with van der Waals surface area (Å²) in [5.41, 5.74) is 2.87. The summed E-state index contributed by atoms with van der Waals surface area (Å²) in [6.07, 6.45) is 1.85. The van der Waals surface area contributed by atoms with Gasteiger partial charge in [-0.05, 0) is 19.1 Å². The minimum Gasteiger partial charge on any atom is -0.478 e. The summed E-state index contributed by atoms with van der Waals surface area (Å²) < 4.78 is 0. The van der Waals surface area contributed by atoms with E-state index < -0.39 is 5.97 Å².